The summed E-state index contributed by atoms with van der Waals surface area (Å²) in [5, 5.41) is 6.83. The number of hydrogen-bond donors (Lipinski definition) is 2. The third kappa shape index (κ3) is 4.14. The Kier molecular flexibility index (Phi) is 5.96. The molecule has 0 unspecified atom stereocenters. The molecular weight excluding hydrogens is 415 g/mol. The van der Waals surface area contributed by atoms with E-state index in [0.717, 1.165) is 29.7 Å². The van der Waals surface area contributed by atoms with Crippen LogP contribution in [0, 0.1) is 5.82 Å². The minimum atomic E-state index is -0.460. The number of furan rings is 1. The zero-order valence-electron chi connectivity index (χ0n) is 17.3. The van der Waals surface area contributed by atoms with Gasteiger partial charge in [0.05, 0.1) is 5.56 Å². The minimum absolute atomic E-state index is 0.159. The summed E-state index contributed by atoms with van der Waals surface area (Å²) < 4.78 is 20.5. The first kappa shape index (κ1) is 20.9. The number of nitrogens with one attached hydrogen (secondary N) is 2. The number of carbonyl (C=O) groups is 1. The van der Waals surface area contributed by atoms with E-state index in [1.54, 1.807) is 36.4 Å². The smallest absolute Gasteiger partial charge is 0.326 e. The fraction of sp³-hybridized carbons (Fsp3) is 0.160. The molecule has 0 radical (unpaired) electrons. The van der Waals surface area contributed by atoms with Gasteiger partial charge in [0.25, 0.3) is 0 Å². The largest absolute Gasteiger partial charge is 0.440 e. The van der Waals surface area contributed by atoms with Crippen LogP contribution in [0.1, 0.15) is 25.0 Å². The van der Waals surface area contributed by atoms with Crippen molar-refractivity contribution in [2.24, 2.45) is 0 Å². The molecule has 0 saturated heterocycles. The van der Waals surface area contributed by atoms with Gasteiger partial charge in [-0.1, -0.05) is 61.8 Å². The SMILES string of the molecule is CCc1cccc(CC)c1NC(=O)Nc1oc2ccc(Cl)cc2c1-c1ccccc1F. The normalized spacial score (nSPS) is 11.0. The zero-order chi connectivity index (χ0) is 22.0. The van der Waals surface area contributed by atoms with E-state index >= 15 is 0 Å². The molecule has 1 aromatic heterocycles. The quantitative estimate of drug-likeness (QED) is 0.337. The van der Waals surface area contributed by atoms with Crippen LogP contribution in [-0.4, -0.2) is 6.03 Å². The minimum Gasteiger partial charge on any atom is -0.440 e. The fourth-order valence-corrected chi connectivity index (χ4v) is 3.91. The van der Waals surface area contributed by atoms with Crippen LogP contribution in [0.5, 0.6) is 0 Å². The molecule has 2 N–H and O–H groups in total. The lowest BCUT2D eigenvalue weighted by molar-refractivity contribution is 0.261. The molecule has 0 spiro atoms. The third-order valence-electron chi connectivity index (χ3n) is 5.26. The van der Waals surface area contributed by atoms with Crippen LogP contribution in [0.25, 0.3) is 22.1 Å². The van der Waals surface area contributed by atoms with Crippen molar-refractivity contribution in [3.63, 3.8) is 0 Å². The Morgan fingerprint density at radius 1 is 0.968 bits per heavy atom. The van der Waals surface area contributed by atoms with Gasteiger partial charge in [-0.05, 0) is 48.2 Å². The number of halogens is 2. The van der Waals surface area contributed by atoms with Crippen molar-refractivity contribution in [3.8, 4) is 11.1 Å². The summed E-state index contributed by atoms with van der Waals surface area (Å²) in [6.45, 7) is 4.08. The number of aryl methyl sites for hydroxylation is 2. The van der Waals surface area contributed by atoms with Crippen LogP contribution in [0.2, 0.25) is 5.02 Å². The maximum atomic E-state index is 14.6. The zero-order valence-corrected chi connectivity index (χ0v) is 18.0. The molecule has 4 rings (SSSR count). The Morgan fingerprint density at radius 2 is 1.68 bits per heavy atom. The van der Waals surface area contributed by atoms with Gasteiger partial charge in [0.2, 0.25) is 5.88 Å². The van der Waals surface area contributed by atoms with E-state index in [0.29, 0.717) is 27.1 Å². The van der Waals surface area contributed by atoms with E-state index in [-0.39, 0.29) is 5.88 Å². The van der Waals surface area contributed by atoms with Crippen molar-refractivity contribution in [1.82, 2.24) is 0 Å². The monoisotopic (exact) mass is 436 g/mol. The standard InChI is InChI=1S/C25H22ClFN2O2/c1-3-15-8-7-9-16(4-2)23(15)28-25(30)29-24-22(18-10-5-6-11-20(18)27)19-14-17(26)12-13-21(19)31-24/h5-14H,3-4H2,1-2H3,(H2,28,29,30). The molecule has 6 heteroatoms. The highest BCUT2D eigenvalue weighted by molar-refractivity contribution is 6.31. The van der Waals surface area contributed by atoms with E-state index in [9.17, 15) is 9.18 Å². The second-order valence-corrected chi connectivity index (χ2v) is 7.60. The second-order valence-electron chi connectivity index (χ2n) is 7.16. The number of benzene rings is 3. The number of fused-ring (bicyclic) bond motifs is 1. The van der Waals surface area contributed by atoms with Crippen molar-refractivity contribution in [3.05, 3.63) is 82.6 Å². The lowest BCUT2D eigenvalue weighted by atomic mass is 10.0. The third-order valence-corrected chi connectivity index (χ3v) is 5.49. The molecule has 0 atom stereocenters. The van der Waals surface area contributed by atoms with Gasteiger partial charge in [-0.2, -0.15) is 0 Å². The first-order valence-electron chi connectivity index (χ1n) is 10.2. The number of para-hydroxylation sites is 1. The van der Waals surface area contributed by atoms with E-state index < -0.39 is 11.8 Å². The van der Waals surface area contributed by atoms with Gasteiger partial charge < -0.3 is 9.73 Å². The number of hydrogen-bond acceptors (Lipinski definition) is 2. The van der Waals surface area contributed by atoms with Crippen molar-refractivity contribution >= 4 is 40.2 Å². The Hall–Kier alpha value is -3.31. The Morgan fingerprint density at radius 3 is 2.35 bits per heavy atom. The molecule has 0 bridgehead atoms. The first-order chi connectivity index (χ1) is 15.0. The van der Waals surface area contributed by atoms with Gasteiger partial charge in [-0.15, -0.1) is 0 Å². The first-order valence-corrected chi connectivity index (χ1v) is 10.5. The van der Waals surface area contributed by atoms with Crippen molar-refractivity contribution in [2.45, 2.75) is 26.7 Å². The van der Waals surface area contributed by atoms with Gasteiger partial charge in [0.15, 0.2) is 0 Å². The maximum Gasteiger partial charge on any atom is 0.326 e. The van der Waals surface area contributed by atoms with Crippen LogP contribution in [0.3, 0.4) is 0 Å². The number of urea groups is 1. The predicted octanol–water partition coefficient (Wildman–Crippen LogP) is 7.66. The molecule has 3 aromatic carbocycles. The Bertz CT molecular complexity index is 1240. The van der Waals surface area contributed by atoms with E-state index in [1.165, 1.54) is 6.07 Å². The van der Waals surface area contributed by atoms with Gasteiger partial charge in [-0.25, -0.2) is 9.18 Å². The number of amides is 2. The summed E-state index contributed by atoms with van der Waals surface area (Å²) in [5.74, 6) is -0.259. The molecule has 1 heterocycles. The van der Waals surface area contributed by atoms with Crippen molar-refractivity contribution < 1.29 is 13.6 Å². The number of rotatable bonds is 5. The molecular formula is C25H22ClFN2O2. The van der Waals surface area contributed by atoms with Gasteiger partial charge in [-0.3, -0.25) is 5.32 Å². The molecule has 0 aliphatic heterocycles. The summed E-state index contributed by atoms with van der Waals surface area (Å²) in [6, 6.07) is 17.0. The summed E-state index contributed by atoms with van der Waals surface area (Å²) in [6.07, 6.45) is 1.57. The van der Waals surface area contributed by atoms with Crippen molar-refractivity contribution in [1.29, 1.82) is 0 Å². The summed E-state index contributed by atoms with van der Waals surface area (Å²) in [4.78, 5) is 12.9. The van der Waals surface area contributed by atoms with Crippen LogP contribution in [-0.2, 0) is 12.8 Å². The second kappa shape index (κ2) is 8.82. The lowest BCUT2D eigenvalue weighted by Gasteiger charge is -2.15. The molecule has 158 valence electrons. The maximum absolute atomic E-state index is 14.6. The van der Waals surface area contributed by atoms with Crippen LogP contribution >= 0.6 is 11.6 Å². The van der Waals surface area contributed by atoms with Gasteiger partial charge in [0.1, 0.15) is 11.4 Å². The van der Waals surface area contributed by atoms with Gasteiger partial charge >= 0.3 is 6.03 Å². The lowest BCUT2D eigenvalue weighted by Crippen LogP contribution is -2.21. The highest BCUT2D eigenvalue weighted by Gasteiger charge is 2.21. The molecule has 4 aromatic rings. The number of anilines is 2. The topological polar surface area (TPSA) is 54.3 Å². The summed E-state index contributed by atoms with van der Waals surface area (Å²) >= 11 is 6.17. The predicted molar refractivity (Wildman–Crippen MR) is 124 cm³/mol. The van der Waals surface area contributed by atoms with Crippen molar-refractivity contribution in [2.75, 3.05) is 10.6 Å². The highest BCUT2D eigenvalue weighted by atomic mass is 35.5. The van der Waals surface area contributed by atoms with Crippen LogP contribution in [0.4, 0.5) is 20.8 Å². The molecule has 0 fully saturated rings. The molecule has 0 aliphatic carbocycles. The average molecular weight is 437 g/mol. The summed E-state index contributed by atoms with van der Waals surface area (Å²) in [7, 11) is 0. The van der Waals surface area contributed by atoms with Gasteiger partial charge in [0, 0.05) is 21.7 Å². The molecule has 0 aliphatic rings. The fourth-order valence-electron chi connectivity index (χ4n) is 3.74. The Balaban J connectivity index is 1.75. The molecule has 4 nitrogen and oxygen atoms in total. The average Bonchev–Trinajstić information content (AvgIpc) is 3.10. The van der Waals surface area contributed by atoms with E-state index in [1.807, 2.05) is 32.0 Å². The van der Waals surface area contributed by atoms with Crippen LogP contribution in [0.15, 0.2) is 65.1 Å². The molecule has 2 amide bonds. The summed E-state index contributed by atoms with van der Waals surface area (Å²) in [5.41, 5.74) is 4.14. The molecule has 31 heavy (non-hydrogen) atoms. The number of carbonyl (C=O) groups excluding carboxylic acids is 1. The Labute approximate surface area is 185 Å². The van der Waals surface area contributed by atoms with Crippen LogP contribution < -0.4 is 10.6 Å². The van der Waals surface area contributed by atoms with E-state index in [2.05, 4.69) is 10.6 Å². The highest BCUT2D eigenvalue weighted by Crippen LogP contribution is 2.40. The van der Waals surface area contributed by atoms with E-state index in [4.69, 9.17) is 16.0 Å². The molecule has 0 saturated carbocycles.